The summed E-state index contributed by atoms with van der Waals surface area (Å²) in [4.78, 5) is 12.4. The highest BCUT2D eigenvalue weighted by atomic mass is 16.5. The fourth-order valence-corrected chi connectivity index (χ4v) is 3.20. The molecule has 1 fully saturated rings. The average Bonchev–Trinajstić information content (AvgIpc) is 3.06. The zero-order valence-corrected chi connectivity index (χ0v) is 15.8. The van der Waals surface area contributed by atoms with Crippen LogP contribution in [0.2, 0.25) is 0 Å². The van der Waals surface area contributed by atoms with Gasteiger partial charge in [-0.15, -0.1) is 5.10 Å². The molecule has 3 rings (SSSR count). The van der Waals surface area contributed by atoms with E-state index in [4.69, 9.17) is 4.74 Å². The zero-order chi connectivity index (χ0) is 19.2. The number of hydrogen-bond acceptors (Lipinski definition) is 6. The highest BCUT2D eigenvalue weighted by Gasteiger charge is 2.23. The van der Waals surface area contributed by atoms with Crippen molar-refractivity contribution in [2.24, 2.45) is 0 Å². The van der Waals surface area contributed by atoms with Crippen LogP contribution < -0.4 is 15.4 Å². The molecule has 0 bridgehead atoms. The molecule has 27 heavy (non-hydrogen) atoms. The standard InChI is InChI=1S/C19H27N5O3/c1-13-4-3-5-17(10-13)27-12-16(25)11-21-19(26)18-14(2)24(23-22-18)15-6-8-20-9-7-15/h3-5,10,15-16,20,25H,6-9,11-12H2,1-2H3,(H,21,26). The average molecular weight is 373 g/mol. The molecule has 1 aromatic carbocycles. The number of ether oxygens (including phenoxy) is 1. The van der Waals surface area contributed by atoms with Crippen molar-refractivity contribution in [3.8, 4) is 5.75 Å². The van der Waals surface area contributed by atoms with E-state index in [0.717, 1.165) is 37.2 Å². The number of aliphatic hydroxyl groups is 1. The number of nitrogens with one attached hydrogen (secondary N) is 2. The van der Waals surface area contributed by atoms with Gasteiger partial charge in [0.05, 0.1) is 11.7 Å². The summed E-state index contributed by atoms with van der Waals surface area (Å²) < 4.78 is 7.39. The van der Waals surface area contributed by atoms with E-state index in [-0.39, 0.29) is 25.1 Å². The van der Waals surface area contributed by atoms with Crippen molar-refractivity contribution >= 4 is 5.91 Å². The molecule has 1 aromatic heterocycles. The van der Waals surface area contributed by atoms with E-state index in [9.17, 15) is 9.90 Å². The van der Waals surface area contributed by atoms with Gasteiger partial charge in [-0.2, -0.15) is 0 Å². The Morgan fingerprint density at radius 1 is 1.41 bits per heavy atom. The topological polar surface area (TPSA) is 101 Å². The number of carbonyl (C=O) groups excluding carboxylic acids is 1. The minimum Gasteiger partial charge on any atom is -0.491 e. The second-order valence-corrected chi connectivity index (χ2v) is 6.94. The number of aliphatic hydroxyl groups excluding tert-OH is 1. The summed E-state index contributed by atoms with van der Waals surface area (Å²) >= 11 is 0. The molecule has 2 heterocycles. The summed E-state index contributed by atoms with van der Waals surface area (Å²) in [5, 5.41) is 24.3. The molecule has 3 N–H and O–H groups in total. The Bertz CT molecular complexity index is 770. The monoisotopic (exact) mass is 373 g/mol. The third-order valence-corrected chi connectivity index (χ3v) is 4.73. The van der Waals surface area contributed by atoms with Crippen LogP contribution in [0.5, 0.6) is 5.75 Å². The maximum Gasteiger partial charge on any atom is 0.273 e. The van der Waals surface area contributed by atoms with Gasteiger partial charge in [0.2, 0.25) is 0 Å². The van der Waals surface area contributed by atoms with Crippen molar-refractivity contribution in [3.05, 3.63) is 41.2 Å². The molecule has 1 saturated heterocycles. The second-order valence-electron chi connectivity index (χ2n) is 6.94. The molecule has 0 radical (unpaired) electrons. The van der Waals surface area contributed by atoms with E-state index >= 15 is 0 Å². The fourth-order valence-electron chi connectivity index (χ4n) is 3.20. The van der Waals surface area contributed by atoms with Crippen molar-refractivity contribution < 1.29 is 14.6 Å². The molecule has 1 unspecified atom stereocenters. The Hall–Kier alpha value is -2.45. The smallest absolute Gasteiger partial charge is 0.273 e. The van der Waals surface area contributed by atoms with Gasteiger partial charge in [-0.3, -0.25) is 4.79 Å². The Labute approximate surface area is 158 Å². The number of amides is 1. The van der Waals surface area contributed by atoms with Crippen molar-refractivity contribution in [1.29, 1.82) is 0 Å². The van der Waals surface area contributed by atoms with Crippen LogP contribution in [-0.2, 0) is 0 Å². The molecule has 0 spiro atoms. The lowest BCUT2D eigenvalue weighted by atomic mass is 10.1. The predicted octanol–water partition coefficient (Wildman–Crippen LogP) is 0.989. The number of hydrogen-bond donors (Lipinski definition) is 3. The predicted molar refractivity (Wildman–Crippen MR) is 101 cm³/mol. The van der Waals surface area contributed by atoms with Gasteiger partial charge in [0, 0.05) is 6.54 Å². The summed E-state index contributed by atoms with van der Waals surface area (Å²) in [6, 6.07) is 7.87. The Balaban J connectivity index is 1.49. The van der Waals surface area contributed by atoms with Crippen molar-refractivity contribution in [3.63, 3.8) is 0 Å². The zero-order valence-electron chi connectivity index (χ0n) is 15.8. The summed E-state index contributed by atoms with van der Waals surface area (Å²) in [6.07, 6.45) is 1.13. The van der Waals surface area contributed by atoms with E-state index < -0.39 is 6.10 Å². The van der Waals surface area contributed by atoms with Crippen LogP contribution in [-0.4, -0.2) is 58.4 Å². The highest BCUT2D eigenvalue weighted by Crippen LogP contribution is 2.20. The Morgan fingerprint density at radius 2 is 2.19 bits per heavy atom. The number of aromatic nitrogens is 3. The van der Waals surface area contributed by atoms with E-state index in [2.05, 4.69) is 20.9 Å². The molecule has 0 aliphatic carbocycles. The molecule has 1 aliphatic heterocycles. The summed E-state index contributed by atoms with van der Waals surface area (Å²) in [7, 11) is 0. The summed E-state index contributed by atoms with van der Waals surface area (Å²) in [5.74, 6) is 0.364. The minimum absolute atomic E-state index is 0.0876. The van der Waals surface area contributed by atoms with E-state index in [1.165, 1.54) is 0 Å². The van der Waals surface area contributed by atoms with Crippen LogP contribution in [0.4, 0.5) is 0 Å². The van der Waals surface area contributed by atoms with Gasteiger partial charge < -0.3 is 20.5 Å². The maximum atomic E-state index is 12.4. The number of benzene rings is 1. The lowest BCUT2D eigenvalue weighted by Gasteiger charge is -2.23. The molecule has 8 nitrogen and oxygen atoms in total. The number of rotatable bonds is 7. The second kappa shape index (κ2) is 8.96. The fraction of sp³-hybridized carbons (Fsp3) is 0.526. The van der Waals surface area contributed by atoms with Crippen LogP contribution in [0.1, 0.15) is 40.6 Å². The van der Waals surface area contributed by atoms with Gasteiger partial charge in [-0.05, 0) is 57.5 Å². The van der Waals surface area contributed by atoms with Gasteiger partial charge in [0.1, 0.15) is 18.5 Å². The minimum atomic E-state index is -0.811. The number of carbonyl (C=O) groups is 1. The van der Waals surface area contributed by atoms with Crippen molar-refractivity contribution in [2.45, 2.75) is 38.8 Å². The third kappa shape index (κ3) is 5.05. The van der Waals surface area contributed by atoms with Gasteiger partial charge in [0.15, 0.2) is 5.69 Å². The van der Waals surface area contributed by atoms with Gasteiger partial charge in [-0.1, -0.05) is 17.3 Å². The highest BCUT2D eigenvalue weighted by molar-refractivity contribution is 5.93. The normalized spacial score (nSPS) is 16.1. The molecule has 0 saturated carbocycles. The van der Waals surface area contributed by atoms with Gasteiger partial charge in [0.25, 0.3) is 5.91 Å². The van der Waals surface area contributed by atoms with E-state index in [1.54, 1.807) is 0 Å². The van der Waals surface area contributed by atoms with Crippen molar-refractivity contribution in [1.82, 2.24) is 25.6 Å². The first kappa shape index (κ1) is 19.3. The Kier molecular flexibility index (Phi) is 6.41. The van der Waals surface area contributed by atoms with Crippen LogP contribution in [0.15, 0.2) is 24.3 Å². The van der Waals surface area contributed by atoms with Crippen molar-refractivity contribution in [2.75, 3.05) is 26.2 Å². The van der Waals surface area contributed by atoms with E-state index in [1.807, 2.05) is 42.8 Å². The van der Waals surface area contributed by atoms with Gasteiger partial charge >= 0.3 is 0 Å². The third-order valence-electron chi connectivity index (χ3n) is 4.73. The first-order valence-corrected chi connectivity index (χ1v) is 9.33. The molecule has 1 atom stereocenters. The first-order chi connectivity index (χ1) is 13.0. The largest absolute Gasteiger partial charge is 0.491 e. The number of piperidine rings is 1. The molecule has 8 heteroatoms. The molecular formula is C19H27N5O3. The molecule has 1 amide bonds. The van der Waals surface area contributed by atoms with Crippen LogP contribution in [0.3, 0.4) is 0 Å². The van der Waals surface area contributed by atoms with Gasteiger partial charge in [-0.25, -0.2) is 4.68 Å². The molecule has 2 aromatic rings. The Morgan fingerprint density at radius 3 is 2.93 bits per heavy atom. The number of nitrogens with zero attached hydrogens (tertiary/aromatic N) is 3. The van der Waals surface area contributed by atoms with Crippen LogP contribution in [0.25, 0.3) is 0 Å². The molecule has 146 valence electrons. The SMILES string of the molecule is Cc1cccc(OCC(O)CNC(=O)c2nnn(C3CCNCC3)c2C)c1. The quantitative estimate of drug-likeness (QED) is 0.669. The molecule has 1 aliphatic rings. The first-order valence-electron chi connectivity index (χ1n) is 9.33. The van der Waals surface area contributed by atoms with Crippen LogP contribution in [0, 0.1) is 13.8 Å². The van der Waals surface area contributed by atoms with E-state index in [0.29, 0.717) is 11.4 Å². The summed E-state index contributed by atoms with van der Waals surface area (Å²) in [6.45, 7) is 5.91. The van der Waals surface area contributed by atoms with Crippen LogP contribution >= 0.6 is 0 Å². The lowest BCUT2D eigenvalue weighted by molar-refractivity contribution is 0.0839. The number of aryl methyl sites for hydroxylation is 1. The summed E-state index contributed by atoms with van der Waals surface area (Å²) in [5.41, 5.74) is 2.15. The maximum absolute atomic E-state index is 12.4. The molecular weight excluding hydrogens is 346 g/mol. The lowest BCUT2D eigenvalue weighted by Crippen LogP contribution is -2.36.